The van der Waals surface area contributed by atoms with Crippen molar-refractivity contribution in [3.63, 3.8) is 0 Å². The maximum atomic E-state index is 11.3. The first kappa shape index (κ1) is 8.29. The van der Waals surface area contributed by atoms with E-state index in [9.17, 15) is 4.79 Å². The average Bonchev–Trinajstić information content (AvgIpc) is 2.83. The molecule has 3 heteroatoms. The molecule has 0 saturated carbocycles. The number of hydrogen-bond acceptors (Lipinski definition) is 2. The van der Waals surface area contributed by atoms with E-state index in [1.165, 1.54) is 0 Å². The third-order valence-electron chi connectivity index (χ3n) is 2.54. The van der Waals surface area contributed by atoms with Crippen LogP contribution in [0.4, 0.5) is 0 Å². The molecular weight excluding hydrogens is 190 g/mol. The van der Waals surface area contributed by atoms with Crippen LogP contribution in [0, 0.1) is 0 Å². The van der Waals surface area contributed by atoms with Crippen molar-refractivity contribution >= 4 is 5.97 Å². The fourth-order valence-electron chi connectivity index (χ4n) is 1.77. The normalized spacial score (nSPS) is 13.7. The predicted octanol–water partition coefficient (Wildman–Crippen LogP) is 2.15. The lowest BCUT2D eigenvalue weighted by Gasteiger charge is -2.01. The fraction of sp³-hybridized carbons (Fsp3) is 0.0833. The first-order valence-corrected chi connectivity index (χ1v) is 4.78. The number of carbonyl (C=O) groups is 1. The summed E-state index contributed by atoms with van der Waals surface area (Å²) in [5, 5.41) is 0. The molecule has 2 heterocycles. The van der Waals surface area contributed by atoms with Crippen molar-refractivity contribution in [2.45, 2.75) is 6.61 Å². The summed E-state index contributed by atoms with van der Waals surface area (Å²) in [6, 6.07) is 9.91. The third-order valence-corrected chi connectivity index (χ3v) is 2.54. The Labute approximate surface area is 86.9 Å². The standard InChI is InChI=1S/C12H9NO2/c14-12-11-7-13(6-9(11)8-15-12)10-4-2-1-3-5-10/h1-7H,8H2. The van der Waals surface area contributed by atoms with Crippen molar-refractivity contribution in [1.82, 2.24) is 4.57 Å². The molecule has 15 heavy (non-hydrogen) atoms. The molecule has 0 unspecified atom stereocenters. The van der Waals surface area contributed by atoms with Gasteiger partial charge in [0.05, 0.1) is 5.56 Å². The van der Waals surface area contributed by atoms with Crippen LogP contribution < -0.4 is 0 Å². The van der Waals surface area contributed by atoms with Gasteiger partial charge in [-0.2, -0.15) is 0 Å². The Kier molecular flexibility index (Phi) is 1.65. The highest BCUT2D eigenvalue weighted by atomic mass is 16.5. The summed E-state index contributed by atoms with van der Waals surface area (Å²) in [6.07, 6.45) is 3.76. The van der Waals surface area contributed by atoms with Crippen molar-refractivity contribution in [2.75, 3.05) is 0 Å². The lowest BCUT2D eigenvalue weighted by molar-refractivity contribution is 0.0533. The zero-order valence-corrected chi connectivity index (χ0v) is 8.01. The zero-order chi connectivity index (χ0) is 10.3. The van der Waals surface area contributed by atoms with E-state index in [0.29, 0.717) is 12.2 Å². The van der Waals surface area contributed by atoms with Gasteiger partial charge in [-0.3, -0.25) is 0 Å². The summed E-state index contributed by atoms with van der Waals surface area (Å²) >= 11 is 0. The molecule has 74 valence electrons. The van der Waals surface area contributed by atoms with Gasteiger partial charge in [-0.15, -0.1) is 0 Å². The first-order valence-electron chi connectivity index (χ1n) is 4.78. The number of rotatable bonds is 1. The Morgan fingerprint density at radius 1 is 1.13 bits per heavy atom. The molecule has 2 aromatic rings. The van der Waals surface area contributed by atoms with Crippen LogP contribution in [-0.2, 0) is 11.3 Å². The van der Waals surface area contributed by atoms with Gasteiger partial charge in [0.15, 0.2) is 0 Å². The van der Waals surface area contributed by atoms with Crippen LogP contribution in [0.5, 0.6) is 0 Å². The number of para-hydroxylation sites is 1. The molecule has 1 aromatic heterocycles. The van der Waals surface area contributed by atoms with Crippen LogP contribution in [0.2, 0.25) is 0 Å². The van der Waals surface area contributed by atoms with E-state index in [-0.39, 0.29) is 5.97 Å². The molecule has 1 aliphatic rings. The second-order valence-electron chi connectivity index (χ2n) is 3.52. The van der Waals surface area contributed by atoms with Crippen molar-refractivity contribution in [1.29, 1.82) is 0 Å². The molecule has 0 spiro atoms. The molecule has 0 bridgehead atoms. The minimum atomic E-state index is -0.223. The van der Waals surface area contributed by atoms with Crippen LogP contribution in [0.25, 0.3) is 5.69 Å². The van der Waals surface area contributed by atoms with Crippen LogP contribution in [0.3, 0.4) is 0 Å². The molecule has 0 N–H and O–H groups in total. The highest BCUT2D eigenvalue weighted by Crippen LogP contribution is 2.22. The van der Waals surface area contributed by atoms with E-state index in [2.05, 4.69) is 0 Å². The maximum Gasteiger partial charge on any atom is 0.340 e. The van der Waals surface area contributed by atoms with Gasteiger partial charge in [0.25, 0.3) is 0 Å². The minimum Gasteiger partial charge on any atom is -0.457 e. The molecule has 3 rings (SSSR count). The first-order chi connectivity index (χ1) is 7.34. The average molecular weight is 199 g/mol. The highest BCUT2D eigenvalue weighted by Gasteiger charge is 2.23. The van der Waals surface area contributed by atoms with Gasteiger partial charge in [0, 0.05) is 23.6 Å². The van der Waals surface area contributed by atoms with E-state index >= 15 is 0 Å². The summed E-state index contributed by atoms with van der Waals surface area (Å²) in [7, 11) is 0. The number of esters is 1. The SMILES string of the molecule is O=C1OCc2cn(-c3ccccc3)cc21. The molecule has 0 amide bonds. The molecule has 0 radical (unpaired) electrons. The van der Waals surface area contributed by atoms with Crippen LogP contribution in [0.15, 0.2) is 42.7 Å². The maximum absolute atomic E-state index is 11.3. The molecule has 0 fully saturated rings. The summed E-state index contributed by atoms with van der Waals surface area (Å²) < 4.78 is 6.85. The molecule has 3 nitrogen and oxygen atoms in total. The number of cyclic esters (lactones) is 1. The predicted molar refractivity (Wildman–Crippen MR) is 54.9 cm³/mol. The van der Waals surface area contributed by atoms with E-state index in [1.54, 1.807) is 0 Å². The van der Waals surface area contributed by atoms with Gasteiger partial charge >= 0.3 is 5.97 Å². The van der Waals surface area contributed by atoms with E-state index in [1.807, 2.05) is 47.3 Å². The van der Waals surface area contributed by atoms with Crippen molar-refractivity contribution in [2.24, 2.45) is 0 Å². The summed E-state index contributed by atoms with van der Waals surface area (Å²) in [4.78, 5) is 11.3. The molecule has 0 atom stereocenters. The number of fused-ring (bicyclic) bond motifs is 1. The van der Waals surface area contributed by atoms with Gasteiger partial charge in [0.2, 0.25) is 0 Å². The summed E-state index contributed by atoms with van der Waals surface area (Å²) in [5.41, 5.74) is 2.70. The van der Waals surface area contributed by atoms with E-state index in [4.69, 9.17) is 4.74 Å². The van der Waals surface area contributed by atoms with Gasteiger partial charge in [-0.25, -0.2) is 4.79 Å². The van der Waals surface area contributed by atoms with Gasteiger partial charge < -0.3 is 9.30 Å². The Balaban J connectivity index is 2.09. The number of nitrogens with zero attached hydrogens (tertiary/aromatic N) is 1. The Morgan fingerprint density at radius 3 is 2.67 bits per heavy atom. The highest BCUT2D eigenvalue weighted by molar-refractivity contribution is 5.93. The number of aromatic nitrogens is 1. The monoisotopic (exact) mass is 199 g/mol. The number of ether oxygens (including phenoxy) is 1. The quantitative estimate of drug-likeness (QED) is 0.659. The molecular formula is C12H9NO2. The van der Waals surface area contributed by atoms with Crippen molar-refractivity contribution < 1.29 is 9.53 Å². The van der Waals surface area contributed by atoms with Gasteiger partial charge in [-0.1, -0.05) is 18.2 Å². The second kappa shape index (κ2) is 2.98. The van der Waals surface area contributed by atoms with Gasteiger partial charge in [-0.05, 0) is 12.1 Å². The number of hydrogen-bond donors (Lipinski definition) is 0. The lowest BCUT2D eigenvalue weighted by Crippen LogP contribution is -1.95. The number of benzene rings is 1. The molecule has 1 aliphatic heterocycles. The molecule has 1 aromatic carbocycles. The smallest absolute Gasteiger partial charge is 0.340 e. The summed E-state index contributed by atoms with van der Waals surface area (Å²) in [5.74, 6) is -0.223. The van der Waals surface area contributed by atoms with Gasteiger partial charge in [0.1, 0.15) is 6.61 Å². The Hall–Kier alpha value is -2.03. The van der Waals surface area contributed by atoms with E-state index in [0.717, 1.165) is 11.3 Å². The van der Waals surface area contributed by atoms with Crippen LogP contribution >= 0.6 is 0 Å². The lowest BCUT2D eigenvalue weighted by atomic mass is 10.2. The number of carbonyl (C=O) groups excluding carboxylic acids is 1. The van der Waals surface area contributed by atoms with Crippen LogP contribution in [0.1, 0.15) is 15.9 Å². The summed E-state index contributed by atoms with van der Waals surface area (Å²) in [6.45, 7) is 0.397. The molecule has 0 aliphatic carbocycles. The fourth-order valence-corrected chi connectivity index (χ4v) is 1.77. The van der Waals surface area contributed by atoms with Crippen LogP contribution in [-0.4, -0.2) is 10.5 Å². The van der Waals surface area contributed by atoms with Crippen molar-refractivity contribution in [3.05, 3.63) is 53.9 Å². The Bertz CT molecular complexity index is 514. The van der Waals surface area contributed by atoms with Crippen molar-refractivity contribution in [3.8, 4) is 5.69 Å². The third kappa shape index (κ3) is 1.24. The largest absolute Gasteiger partial charge is 0.457 e. The minimum absolute atomic E-state index is 0.223. The van der Waals surface area contributed by atoms with E-state index < -0.39 is 0 Å². The molecule has 0 saturated heterocycles. The zero-order valence-electron chi connectivity index (χ0n) is 8.01. The Morgan fingerprint density at radius 2 is 1.93 bits per heavy atom. The second-order valence-corrected chi connectivity index (χ2v) is 3.52. The topological polar surface area (TPSA) is 31.2 Å².